The zero-order valence-electron chi connectivity index (χ0n) is 11.6. The van der Waals surface area contributed by atoms with E-state index < -0.39 is 5.97 Å². The number of aryl methyl sites for hydroxylation is 1. The van der Waals surface area contributed by atoms with Crippen molar-refractivity contribution in [3.05, 3.63) is 18.5 Å². The Kier molecular flexibility index (Phi) is 4.97. The highest BCUT2D eigenvalue weighted by atomic mass is 32.2. The molecule has 0 aliphatic rings. The molecule has 2 rings (SSSR count). The second-order valence-electron chi connectivity index (χ2n) is 4.75. The Bertz CT molecular complexity index is 597. The Morgan fingerprint density at radius 3 is 3.00 bits per heavy atom. The summed E-state index contributed by atoms with van der Waals surface area (Å²) < 4.78 is 2.08. The first-order valence-electron chi connectivity index (χ1n) is 6.37. The molecule has 6 nitrogen and oxygen atoms in total. The molecule has 20 heavy (non-hydrogen) atoms. The average molecular weight is 294 g/mol. The van der Waals surface area contributed by atoms with Gasteiger partial charge in [-0.05, 0) is 33.1 Å². The number of thioether (sulfide) groups is 1. The summed E-state index contributed by atoms with van der Waals surface area (Å²) >= 11 is 1.25. The molecule has 0 amide bonds. The van der Waals surface area contributed by atoms with E-state index in [2.05, 4.69) is 19.4 Å². The number of rotatable bonds is 7. The lowest BCUT2D eigenvalue weighted by molar-refractivity contribution is -0.133. The van der Waals surface area contributed by atoms with Crippen LogP contribution >= 0.6 is 11.8 Å². The van der Waals surface area contributed by atoms with Gasteiger partial charge in [0.2, 0.25) is 0 Å². The van der Waals surface area contributed by atoms with E-state index in [1.807, 2.05) is 20.2 Å². The summed E-state index contributed by atoms with van der Waals surface area (Å²) in [6.07, 6.45) is 4.43. The zero-order chi connectivity index (χ0) is 14.5. The van der Waals surface area contributed by atoms with Crippen LogP contribution in [0.3, 0.4) is 0 Å². The number of imidazole rings is 1. The second-order valence-corrected chi connectivity index (χ2v) is 5.69. The summed E-state index contributed by atoms with van der Waals surface area (Å²) in [5.41, 5.74) is 1.82. The Balaban J connectivity index is 2.22. The number of fused-ring (bicyclic) bond motifs is 1. The molecule has 0 bridgehead atoms. The minimum absolute atomic E-state index is 0.0183. The molecule has 0 aromatic carbocycles. The van der Waals surface area contributed by atoms with Gasteiger partial charge in [-0.1, -0.05) is 11.8 Å². The van der Waals surface area contributed by atoms with E-state index in [-0.39, 0.29) is 5.75 Å². The highest BCUT2D eigenvalue weighted by molar-refractivity contribution is 7.99. The molecule has 0 fully saturated rings. The Labute approximate surface area is 121 Å². The number of hydrogen-bond acceptors (Lipinski definition) is 5. The first kappa shape index (κ1) is 14.8. The third-order valence-corrected chi connectivity index (χ3v) is 3.79. The van der Waals surface area contributed by atoms with Crippen LogP contribution in [0, 0.1) is 0 Å². The van der Waals surface area contributed by atoms with Gasteiger partial charge in [0.05, 0.1) is 17.5 Å². The molecular formula is C13H18N4O2S. The summed E-state index contributed by atoms with van der Waals surface area (Å²) in [6.45, 7) is 1.80. The Hall–Kier alpha value is -1.60. The molecule has 0 aliphatic carbocycles. The lowest BCUT2D eigenvalue weighted by Crippen LogP contribution is -2.15. The van der Waals surface area contributed by atoms with Crippen molar-refractivity contribution in [3.8, 4) is 0 Å². The molecule has 0 radical (unpaired) electrons. The van der Waals surface area contributed by atoms with Gasteiger partial charge in [-0.3, -0.25) is 9.78 Å². The van der Waals surface area contributed by atoms with Crippen LogP contribution in [0.2, 0.25) is 0 Å². The van der Waals surface area contributed by atoms with E-state index in [4.69, 9.17) is 5.11 Å². The van der Waals surface area contributed by atoms with Crippen molar-refractivity contribution in [2.45, 2.75) is 18.1 Å². The van der Waals surface area contributed by atoms with E-state index in [0.717, 1.165) is 35.7 Å². The molecular weight excluding hydrogens is 276 g/mol. The highest BCUT2D eigenvalue weighted by Crippen LogP contribution is 2.23. The molecule has 0 aliphatic heterocycles. The fourth-order valence-electron chi connectivity index (χ4n) is 1.96. The maximum absolute atomic E-state index is 10.7. The van der Waals surface area contributed by atoms with Gasteiger partial charge in [0.1, 0.15) is 5.52 Å². The topological polar surface area (TPSA) is 71.2 Å². The van der Waals surface area contributed by atoms with Crippen molar-refractivity contribution in [1.29, 1.82) is 0 Å². The third kappa shape index (κ3) is 3.71. The number of hydrogen-bond donors (Lipinski definition) is 1. The number of nitrogens with zero attached hydrogens (tertiary/aromatic N) is 4. The van der Waals surface area contributed by atoms with E-state index >= 15 is 0 Å². The van der Waals surface area contributed by atoms with Crippen LogP contribution in [0.15, 0.2) is 23.6 Å². The van der Waals surface area contributed by atoms with E-state index in [9.17, 15) is 4.79 Å². The van der Waals surface area contributed by atoms with Crippen LogP contribution in [-0.4, -0.2) is 56.9 Å². The fourth-order valence-corrected chi connectivity index (χ4v) is 2.72. The number of aliphatic carboxylic acids is 1. The number of carboxylic acids is 1. The summed E-state index contributed by atoms with van der Waals surface area (Å²) in [5.74, 6) is -0.815. The average Bonchev–Trinajstić information content (AvgIpc) is 2.74. The smallest absolute Gasteiger partial charge is 0.313 e. The Morgan fingerprint density at radius 1 is 1.50 bits per heavy atom. The van der Waals surface area contributed by atoms with Crippen LogP contribution in [0.1, 0.15) is 6.42 Å². The molecule has 2 aromatic heterocycles. The van der Waals surface area contributed by atoms with Crippen molar-refractivity contribution in [2.24, 2.45) is 0 Å². The predicted octanol–water partition coefficient (Wildman–Crippen LogP) is 1.56. The van der Waals surface area contributed by atoms with E-state index in [0.29, 0.717) is 0 Å². The number of carbonyl (C=O) groups is 1. The van der Waals surface area contributed by atoms with Gasteiger partial charge in [0.25, 0.3) is 0 Å². The molecule has 0 saturated carbocycles. The minimum Gasteiger partial charge on any atom is -0.481 e. The van der Waals surface area contributed by atoms with Gasteiger partial charge in [-0.15, -0.1) is 0 Å². The number of carboxylic acid groups (broad SMARTS) is 1. The van der Waals surface area contributed by atoms with Gasteiger partial charge in [0, 0.05) is 12.7 Å². The van der Waals surface area contributed by atoms with Gasteiger partial charge in [-0.2, -0.15) is 0 Å². The van der Waals surface area contributed by atoms with Crippen LogP contribution in [-0.2, 0) is 11.3 Å². The summed E-state index contributed by atoms with van der Waals surface area (Å²) in [7, 11) is 4.08. The second kappa shape index (κ2) is 6.71. The van der Waals surface area contributed by atoms with E-state index in [1.165, 1.54) is 11.8 Å². The molecule has 7 heteroatoms. The maximum Gasteiger partial charge on any atom is 0.313 e. The van der Waals surface area contributed by atoms with E-state index in [1.54, 1.807) is 12.4 Å². The quantitative estimate of drug-likeness (QED) is 0.781. The molecule has 108 valence electrons. The van der Waals surface area contributed by atoms with Crippen molar-refractivity contribution in [1.82, 2.24) is 19.4 Å². The molecule has 0 spiro atoms. The number of pyridine rings is 1. The highest BCUT2D eigenvalue weighted by Gasteiger charge is 2.12. The normalized spacial score (nSPS) is 11.3. The maximum atomic E-state index is 10.7. The van der Waals surface area contributed by atoms with Crippen LogP contribution in [0.4, 0.5) is 0 Å². The standard InChI is InChI=1S/C13H18N4O2S/c1-16(2)6-3-7-17-11-4-5-14-8-10(11)15-13(17)20-9-12(18)19/h4-5,8H,3,6-7,9H2,1-2H3,(H,18,19). The largest absolute Gasteiger partial charge is 0.481 e. The van der Waals surface area contributed by atoms with Gasteiger partial charge in [0.15, 0.2) is 5.16 Å². The van der Waals surface area contributed by atoms with Crippen LogP contribution in [0.5, 0.6) is 0 Å². The van der Waals surface area contributed by atoms with Crippen LogP contribution in [0.25, 0.3) is 11.0 Å². The molecule has 1 N–H and O–H groups in total. The zero-order valence-corrected chi connectivity index (χ0v) is 12.4. The van der Waals surface area contributed by atoms with Crippen molar-refractivity contribution >= 4 is 28.8 Å². The summed E-state index contributed by atoms with van der Waals surface area (Å²) in [5, 5.41) is 9.56. The lowest BCUT2D eigenvalue weighted by Gasteiger charge is -2.11. The molecule has 2 aromatic rings. The van der Waals surface area contributed by atoms with Gasteiger partial charge in [-0.25, -0.2) is 4.98 Å². The first-order valence-corrected chi connectivity index (χ1v) is 7.36. The lowest BCUT2D eigenvalue weighted by atomic mass is 10.3. The predicted molar refractivity (Wildman–Crippen MR) is 79.1 cm³/mol. The molecule has 0 atom stereocenters. The fraction of sp³-hybridized carbons (Fsp3) is 0.462. The summed E-state index contributed by atoms with van der Waals surface area (Å²) in [6, 6.07) is 1.92. The van der Waals surface area contributed by atoms with Crippen molar-refractivity contribution in [3.63, 3.8) is 0 Å². The molecule has 2 heterocycles. The molecule has 0 saturated heterocycles. The monoisotopic (exact) mass is 294 g/mol. The summed E-state index contributed by atoms with van der Waals surface area (Å²) in [4.78, 5) is 21.4. The Morgan fingerprint density at radius 2 is 2.30 bits per heavy atom. The van der Waals surface area contributed by atoms with Crippen molar-refractivity contribution in [2.75, 3.05) is 26.4 Å². The first-order chi connectivity index (χ1) is 9.58. The molecule has 0 unspecified atom stereocenters. The SMILES string of the molecule is CN(C)CCCn1c(SCC(=O)O)nc2cnccc21. The number of aromatic nitrogens is 3. The third-order valence-electron chi connectivity index (χ3n) is 2.83. The minimum atomic E-state index is -0.833. The van der Waals surface area contributed by atoms with Crippen molar-refractivity contribution < 1.29 is 9.90 Å². The van der Waals surface area contributed by atoms with Crippen LogP contribution < -0.4 is 0 Å². The van der Waals surface area contributed by atoms with Gasteiger partial charge >= 0.3 is 5.97 Å². The van der Waals surface area contributed by atoms with Gasteiger partial charge < -0.3 is 14.6 Å².